The Balaban J connectivity index is 2.69. The van der Waals surface area contributed by atoms with Gasteiger partial charge in [-0.25, -0.2) is 5.92 Å². The van der Waals surface area contributed by atoms with Crippen molar-refractivity contribution in [1.29, 1.82) is 0 Å². The van der Waals surface area contributed by atoms with E-state index in [0.717, 1.165) is 0 Å². The lowest BCUT2D eigenvalue weighted by atomic mass is 9.88. The minimum absolute atomic E-state index is 0.143. The van der Waals surface area contributed by atoms with Crippen LogP contribution in [0.15, 0.2) is 23.4 Å². The fourth-order valence-corrected chi connectivity index (χ4v) is 2.05. The van der Waals surface area contributed by atoms with Gasteiger partial charge in [-0.05, 0) is 20.8 Å². The largest absolute Gasteiger partial charge is 0.437 e. The topological polar surface area (TPSA) is 12.0 Å². The Labute approximate surface area is 101 Å². The van der Waals surface area contributed by atoms with Crippen molar-refractivity contribution in [3.8, 4) is 0 Å². The average molecular weight is 219 g/mol. The number of hydrogen-bond acceptors (Lipinski definition) is 1. The van der Waals surface area contributed by atoms with Gasteiger partial charge in [-0.15, -0.1) is 32.9 Å². The van der Waals surface area contributed by atoms with Gasteiger partial charge in [0, 0.05) is 5.54 Å². The molecule has 0 aromatic rings. The first kappa shape index (κ1) is 13.1. The van der Waals surface area contributed by atoms with Crippen LogP contribution in [0.1, 0.15) is 48.5 Å². The van der Waals surface area contributed by atoms with Crippen LogP contribution in [-0.4, -0.2) is 5.54 Å². The molecular formula is C15H25N-2. The van der Waals surface area contributed by atoms with Crippen molar-refractivity contribution in [2.24, 2.45) is 5.92 Å². The average Bonchev–Trinajstić information content (AvgIpc) is 2.33. The van der Waals surface area contributed by atoms with Crippen molar-refractivity contribution in [2.75, 3.05) is 0 Å². The van der Waals surface area contributed by atoms with E-state index in [9.17, 15) is 0 Å². The van der Waals surface area contributed by atoms with E-state index in [2.05, 4.69) is 66.1 Å². The summed E-state index contributed by atoms with van der Waals surface area (Å²) in [5.41, 5.74) is 3.05. The summed E-state index contributed by atoms with van der Waals surface area (Å²) in [5.74, 6) is 3.53. The minimum Gasteiger partial charge on any atom is -0.437 e. The zero-order valence-corrected chi connectivity index (χ0v) is 11.7. The molecule has 0 aromatic heterocycles. The van der Waals surface area contributed by atoms with Crippen LogP contribution >= 0.6 is 0 Å². The third-order valence-electron chi connectivity index (χ3n) is 3.48. The van der Waals surface area contributed by atoms with Gasteiger partial charge in [0.1, 0.15) is 0 Å². The number of rotatable bonds is 2. The van der Waals surface area contributed by atoms with Crippen molar-refractivity contribution < 1.29 is 0 Å². The zero-order chi connectivity index (χ0) is 12.5. The smallest absolute Gasteiger partial charge is 0.0174 e. The molecule has 1 aliphatic carbocycles. The Kier molecular flexibility index (Phi) is 3.67. The highest BCUT2D eigenvalue weighted by molar-refractivity contribution is 5.51. The molecule has 92 valence electrons. The maximum atomic E-state index is 3.39. The molecule has 1 heteroatoms. The molecule has 0 bridgehead atoms. The molecule has 1 N–H and O–H groups in total. The molecule has 16 heavy (non-hydrogen) atoms. The van der Waals surface area contributed by atoms with Gasteiger partial charge in [0.05, 0.1) is 0 Å². The molecule has 0 radical (unpaired) electrons. The van der Waals surface area contributed by atoms with E-state index >= 15 is 0 Å². The molecule has 0 amide bonds. The minimum atomic E-state index is 0.143. The molecule has 0 fully saturated rings. The number of nitrogens with one attached hydrogen (secondary N) is 1. The molecule has 1 aliphatic rings. The Morgan fingerprint density at radius 3 is 2.12 bits per heavy atom. The second-order valence-electron chi connectivity index (χ2n) is 5.84. The highest BCUT2D eigenvalue weighted by atomic mass is 14.9. The van der Waals surface area contributed by atoms with Gasteiger partial charge in [-0.1, -0.05) is 6.92 Å². The lowest BCUT2D eigenvalue weighted by molar-refractivity contribution is 0.490. The van der Waals surface area contributed by atoms with Crippen LogP contribution in [0.2, 0.25) is 0 Å². The van der Waals surface area contributed by atoms with Crippen LogP contribution in [-0.2, 0) is 0 Å². The first-order valence-electron chi connectivity index (χ1n) is 6.07. The molecule has 1 unspecified atom stereocenters. The summed E-state index contributed by atoms with van der Waals surface area (Å²) in [6, 6.07) is 0. The third-order valence-corrected chi connectivity index (χ3v) is 3.48. The maximum Gasteiger partial charge on any atom is 0.0174 e. The van der Waals surface area contributed by atoms with E-state index in [4.69, 9.17) is 0 Å². The van der Waals surface area contributed by atoms with Gasteiger partial charge in [0.15, 0.2) is 0 Å². The molecule has 0 saturated heterocycles. The van der Waals surface area contributed by atoms with Crippen LogP contribution in [0, 0.1) is 17.8 Å². The van der Waals surface area contributed by atoms with Crippen LogP contribution in [0.5, 0.6) is 0 Å². The van der Waals surface area contributed by atoms with Gasteiger partial charge in [-0.2, -0.15) is 6.08 Å². The van der Waals surface area contributed by atoms with E-state index in [1.54, 1.807) is 0 Å². The first-order valence-corrected chi connectivity index (χ1v) is 6.07. The summed E-state index contributed by atoms with van der Waals surface area (Å²) in [7, 11) is 0. The second-order valence-corrected chi connectivity index (χ2v) is 5.84. The summed E-state index contributed by atoms with van der Waals surface area (Å²) in [5, 5.41) is 3.39. The second kappa shape index (κ2) is 4.48. The predicted octanol–water partition coefficient (Wildman–Crippen LogP) is 4.04. The number of hydrogen-bond donors (Lipinski definition) is 1. The quantitative estimate of drug-likeness (QED) is 0.691. The van der Waals surface area contributed by atoms with Crippen molar-refractivity contribution in [3.63, 3.8) is 0 Å². The van der Waals surface area contributed by atoms with E-state index in [-0.39, 0.29) is 5.54 Å². The fourth-order valence-electron chi connectivity index (χ4n) is 2.05. The normalized spacial score (nSPS) is 22.6. The Morgan fingerprint density at radius 1 is 1.19 bits per heavy atom. The molecular weight excluding hydrogens is 194 g/mol. The van der Waals surface area contributed by atoms with Crippen LogP contribution < -0.4 is 5.32 Å². The highest BCUT2D eigenvalue weighted by Crippen LogP contribution is 2.44. The Morgan fingerprint density at radius 2 is 1.75 bits per heavy atom. The van der Waals surface area contributed by atoms with Gasteiger partial charge < -0.3 is 16.5 Å². The monoisotopic (exact) mass is 219 g/mol. The van der Waals surface area contributed by atoms with Crippen molar-refractivity contribution in [3.05, 3.63) is 35.3 Å². The standard InChI is InChI=1S/C15H25N/c1-10-11(2)13(4)14(12(10)3)8-9-16-15(5,6)7/h8-9,12,16H,1-7H3/q-2. The summed E-state index contributed by atoms with van der Waals surface area (Å²) < 4.78 is 0. The molecule has 0 spiro atoms. The highest BCUT2D eigenvalue weighted by Gasteiger charge is 2.13. The third kappa shape index (κ3) is 2.78. The fraction of sp³-hybridized carbons (Fsp3) is 0.600. The summed E-state index contributed by atoms with van der Waals surface area (Å²) in [6.07, 6.45) is 4.31. The summed E-state index contributed by atoms with van der Waals surface area (Å²) in [4.78, 5) is 0. The van der Waals surface area contributed by atoms with Crippen LogP contribution in [0.25, 0.3) is 0 Å². The van der Waals surface area contributed by atoms with Crippen LogP contribution in [0.4, 0.5) is 0 Å². The molecule has 0 saturated carbocycles. The molecule has 0 aliphatic heterocycles. The van der Waals surface area contributed by atoms with Crippen molar-refractivity contribution in [1.82, 2.24) is 5.32 Å². The molecule has 0 heterocycles. The van der Waals surface area contributed by atoms with E-state index in [1.165, 1.54) is 23.0 Å². The molecule has 0 aromatic carbocycles. The Hall–Kier alpha value is -0.980. The lowest BCUT2D eigenvalue weighted by Gasteiger charge is -2.34. The lowest BCUT2D eigenvalue weighted by Crippen LogP contribution is -2.31. The van der Waals surface area contributed by atoms with Gasteiger partial charge >= 0.3 is 0 Å². The maximum absolute atomic E-state index is 3.39. The van der Waals surface area contributed by atoms with Crippen molar-refractivity contribution >= 4 is 0 Å². The van der Waals surface area contributed by atoms with E-state index in [0.29, 0.717) is 5.92 Å². The van der Waals surface area contributed by atoms with Gasteiger partial charge in [0.25, 0.3) is 0 Å². The SMILES string of the molecule is CC1=C(C)[C-](C=CNC(C)(C)C)C(C)[C-]1C. The van der Waals surface area contributed by atoms with Crippen LogP contribution in [0.3, 0.4) is 0 Å². The van der Waals surface area contributed by atoms with E-state index < -0.39 is 0 Å². The molecule has 1 nitrogen and oxygen atoms in total. The molecule has 1 atom stereocenters. The van der Waals surface area contributed by atoms with Crippen molar-refractivity contribution in [2.45, 2.75) is 54.0 Å². The predicted molar refractivity (Wildman–Crippen MR) is 71.7 cm³/mol. The zero-order valence-electron chi connectivity index (χ0n) is 11.7. The van der Waals surface area contributed by atoms with Gasteiger partial charge in [-0.3, -0.25) is 5.92 Å². The summed E-state index contributed by atoms with van der Waals surface area (Å²) >= 11 is 0. The Bertz CT molecular complexity index is 304. The molecule has 1 rings (SSSR count). The first-order chi connectivity index (χ1) is 7.24. The van der Waals surface area contributed by atoms with E-state index in [1.807, 2.05) is 0 Å². The summed E-state index contributed by atoms with van der Waals surface area (Å²) in [6.45, 7) is 15.5. The van der Waals surface area contributed by atoms with Gasteiger partial charge in [0.2, 0.25) is 0 Å². The number of allylic oxidation sites excluding steroid dienone is 3.